The molecule has 2 rings (SSSR count). The Hall–Kier alpha value is -3.39. The van der Waals surface area contributed by atoms with E-state index in [0.29, 0.717) is 5.56 Å². The minimum absolute atomic E-state index is 0.00291. The first kappa shape index (κ1) is 24.9. The van der Waals surface area contributed by atoms with E-state index in [-0.39, 0.29) is 19.6 Å². The number of carbonyl (C=O) groups excluding carboxylic acids is 3. The predicted octanol–water partition coefficient (Wildman–Crippen LogP) is 2.86. The number of amides is 2. The molecule has 0 aliphatic rings. The summed E-state index contributed by atoms with van der Waals surface area (Å²) in [6.45, 7) is 4.74. The molecule has 0 aromatic heterocycles. The molecule has 0 saturated heterocycles. The molecule has 32 heavy (non-hydrogen) atoms. The summed E-state index contributed by atoms with van der Waals surface area (Å²) in [5.74, 6) is -1.30. The molecular weight excluding hydrogens is 412 g/mol. The first-order chi connectivity index (χ1) is 15.2. The number of hydrogen-bond acceptors (Lipinski definition) is 6. The molecule has 0 fully saturated rings. The molecule has 0 saturated carbocycles. The zero-order valence-corrected chi connectivity index (χ0v) is 18.5. The van der Waals surface area contributed by atoms with E-state index in [9.17, 15) is 19.5 Å². The summed E-state index contributed by atoms with van der Waals surface area (Å²) in [5, 5.41) is 14.7. The number of aliphatic hydroxyl groups is 1. The van der Waals surface area contributed by atoms with Crippen molar-refractivity contribution in [3.8, 4) is 0 Å². The Morgan fingerprint density at radius 2 is 1.53 bits per heavy atom. The molecule has 3 N–H and O–H groups in total. The third kappa shape index (κ3) is 8.77. The highest BCUT2D eigenvalue weighted by Gasteiger charge is 2.28. The van der Waals surface area contributed by atoms with Gasteiger partial charge in [0.05, 0.1) is 19.1 Å². The molecule has 0 aliphatic heterocycles. The molecular formula is C24H30N2O6. The van der Waals surface area contributed by atoms with Crippen LogP contribution in [0.15, 0.2) is 60.7 Å². The van der Waals surface area contributed by atoms with Gasteiger partial charge in [-0.1, -0.05) is 60.7 Å². The van der Waals surface area contributed by atoms with Gasteiger partial charge in [-0.3, -0.25) is 4.79 Å². The van der Waals surface area contributed by atoms with E-state index in [2.05, 4.69) is 10.6 Å². The first-order valence-corrected chi connectivity index (χ1v) is 10.3. The average Bonchev–Trinajstić information content (AvgIpc) is 2.75. The van der Waals surface area contributed by atoms with Gasteiger partial charge in [-0.05, 0) is 31.9 Å². The number of aliphatic hydroxyl groups excluding tert-OH is 1. The molecule has 0 bridgehead atoms. The summed E-state index contributed by atoms with van der Waals surface area (Å²) in [4.78, 5) is 37.5. The van der Waals surface area contributed by atoms with Crippen LogP contribution in [0.1, 0.15) is 44.4 Å². The second-order valence-electron chi connectivity index (χ2n) is 8.21. The van der Waals surface area contributed by atoms with Crippen LogP contribution in [-0.2, 0) is 25.7 Å². The summed E-state index contributed by atoms with van der Waals surface area (Å²) in [7, 11) is 0. The second kappa shape index (κ2) is 11.9. The number of rotatable bonds is 9. The molecule has 0 radical (unpaired) electrons. The van der Waals surface area contributed by atoms with Gasteiger partial charge in [0.2, 0.25) is 5.91 Å². The van der Waals surface area contributed by atoms with Crippen LogP contribution in [0.5, 0.6) is 0 Å². The molecule has 2 amide bonds. The molecule has 2 aromatic carbocycles. The van der Waals surface area contributed by atoms with Crippen LogP contribution in [0, 0.1) is 0 Å². The number of alkyl carbamates (subject to hydrolysis) is 1. The Kier molecular flexibility index (Phi) is 9.22. The maximum Gasteiger partial charge on any atom is 0.408 e. The summed E-state index contributed by atoms with van der Waals surface area (Å²) >= 11 is 0. The maximum atomic E-state index is 12.7. The Morgan fingerprint density at radius 3 is 2.09 bits per heavy atom. The minimum atomic E-state index is -1.26. The Morgan fingerprint density at radius 1 is 0.938 bits per heavy atom. The van der Waals surface area contributed by atoms with Gasteiger partial charge in [-0.15, -0.1) is 0 Å². The van der Waals surface area contributed by atoms with E-state index in [0.717, 1.165) is 5.56 Å². The lowest BCUT2D eigenvalue weighted by Crippen LogP contribution is -2.47. The van der Waals surface area contributed by atoms with Gasteiger partial charge in [0.15, 0.2) is 0 Å². The molecule has 2 aromatic rings. The second-order valence-corrected chi connectivity index (χ2v) is 8.21. The first-order valence-electron chi connectivity index (χ1n) is 10.3. The van der Waals surface area contributed by atoms with E-state index in [1.165, 1.54) is 0 Å². The Labute approximate surface area is 187 Å². The van der Waals surface area contributed by atoms with E-state index >= 15 is 0 Å². The fourth-order valence-corrected chi connectivity index (χ4v) is 2.83. The van der Waals surface area contributed by atoms with Crippen LogP contribution in [-0.4, -0.2) is 41.3 Å². The highest BCUT2D eigenvalue weighted by molar-refractivity contribution is 5.88. The zero-order chi connectivity index (χ0) is 23.6. The molecule has 172 valence electrons. The smallest absolute Gasteiger partial charge is 0.408 e. The number of ether oxygens (including phenoxy) is 2. The highest BCUT2D eigenvalue weighted by Crippen LogP contribution is 2.13. The molecule has 2 atom stereocenters. The van der Waals surface area contributed by atoms with Crippen LogP contribution < -0.4 is 10.6 Å². The minimum Gasteiger partial charge on any atom is -0.459 e. The van der Waals surface area contributed by atoms with E-state index < -0.39 is 35.7 Å². The van der Waals surface area contributed by atoms with Crippen molar-refractivity contribution < 1.29 is 29.0 Å². The standard InChI is InChI=1S/C24H30N2O6/c1-24(2,3)32-23(30)26-19(22(29)31-16-17-10-6-4-7-11-17)14-21(28)25-20(15-27)18-12-8-5-9-13-18/h4-13,19-20,27H,14-16H2,1-3H3,(H,25,28)(H,26,30)/t19-,20?/m0/s1. The molecule has 0 heterocycles. The fraction of sp³-hybridized carbons (Fsp3) is 0.375. The third-order valence-corrected chi connectivity index (χ3v) is 4.31. The van der Waals surface area contributed by atoms with Crippen molar-refractivity contribution in [2.75, 3.05) is 6.61 Å². The van der Waals surface area contributed by atoms with Crippen LogP contribution >= 0.6 is 0 Å². The van der Waals surface area contributed by atoms with Gasteiger partial charge in [-0.2, -0.15) is 0 Å². The predicted molar refractivity (Wildman–Crippen MR) is 118 cm³/mol. The highest BCUT2D eigenvalue weighted by atomic mass is 16.6. The molecule has 8 heteroatoms. The Balaban J connectivity index is 2.05. The average molecular weight is 443 g/mol. The van der Waals surface area contributed by atoms with Gasteiger partial charge >= 0.3 is 12.1 Å². The summed E-state index contributed by atoms with van der Waals surface area (Å²) in [6, 6.07) is 16.1. The number of esters is 1. The topological polar surface area (TPSA) is 114 Å². The van der Waals surface area contributed by atoms with Gasteiger partial charge in [-0.25, -0.2) is 9.59 Å². The number of hydrogen-bond donors (Lipinski definition) is 3. The third-order valence-electron chi connectivity index (χ3n) is 4.31. The molecule has 0 spiro atoms. The summed E-state index contributed by atoms with van der Waals surface area (Å²) in [6.07, 6.45) is -1.22. The van der Waals surface area contributed by atoms with Crippen molar-refractivity contribution in [1.82, 2.24) is 10.6 Å². The van der Waals surface area contributed by atoms with E-state index in [1.54, 1.807) is 57.2 Å². The largest absolute Gasteiger partial charge is 0.459 e. The zero-order valence-electron chi connectivity index (χ0n) is 18.5. The fourth-order valence-electron chi connectivity index (χ4n) is 2.83. The molecule has 1 unspecified atom stereocenters. The lowest BCUT2D eigenvalue weighted by Gasteiger charge is -2.23. The molecule has 8 nitrogen and oxygen atoms in total. The number of carbonyl (C=O) groups is 3. The van der Waals surface area contributed by atoms with Crippen LogP contribution in [0.2, 0.25) is 0 Å². The monoisotopic (exact) mass is 442 g/mol. The van der Waals surface area contributed by atoms with Crippen LogP contribution in [0.4, 0.5) is 4.79 Å². The van der Waals surface area contributed by atoms with E-state index in [4.69, 9.17) is 9.47 Å². The van der Waals surface area contributed by atoms with Crippen molar-refractivity contribution in [2.24, 2.45) is 0 Å². The van der Waals surface area contributed by atoms with Crippen molar-refractivity contribution in [2.45, 2.75) is 51.5 Å². The van der Waals surface area contributed by atoms with Gasteiger partial charge in [0.1, 0.15) is 18.2 Å². The number of benzene rings is 2. The Bertz CT molecular complexity index is 880. The maximum absolute atomic E-state index is 12.7. The molecule has 0 aliphatic carbocycles. The van der Waals surface area contributed by atoms with Crippen molar-refractivity contribution >= 4 is 18.0 Å². The van der Waals surface area contributed by atoms with Gasteiger partial charge in [0.25, 0.3) is 0 Å². The van der Waals surface area contributed by atoms with Gasteiger partial charge < -0.3 is 25.2 Å². The lowest BCUT2D eigenvalue weighted by atomic mass is 10.1. The SMILES string of the molecule is CC(C)(C)OC(=O)N[C@@H](CC(=O)NC(CO)c1ccccc1)C(=O)OCc1ccccc1. The lowest BCUT2D eigenvalue weighted by molar-refractivity contribution is -0.149. The van der Waals surface area contributed by atoms with Crippen molar-refractivity contribution in [1.29, 1.82) is 0 Å². The normalized spacial score (nSPS) is 12.9. The van der Waals surface area contributed by atoms with E-state index in [1.807, 2.05) is 24.3 Å². The van der Waals surface area contributed by atoms with Crippen LogP contribution in [0.25, 0.3) is 0 Å². The van der Waals surface area contributed by atoms with Crippen molar-refractivity contribution in [3.05, 3.63) is 71.8 Å². The van der Waals surface area contributed by atoms with Gasteiger partial charge in [0, 0.05) is 0 Å². The quantitative estimate of drug-likeness (QED) is 0.515. The van der Waals surface area contributed by atoms with Crippen LogP contribution in [0.3, 0.4) is 0 Å². The number of nitrogens with one attached hydrogen (secondary N) is 2. The summed E-state index contributed by atoms with van der Waals surface area (Å²) < 4.78 is 10.5. The van der Waals surface area contributed by atoms with Crippen molar-refractivity contribution in [3.63, 3.8) is 0 Å². The summed E-state index contributed by atoms with van der Waals surface area (Å²) in [5.41, 5.74) is 0.706.